The SMILES string of the molecule is CCC(=O)O[C@@]1(C)CC(C)C2C3CCC4=CC(=O)C[C@@H](C)C4C3CC[C@@]21C. The van der Waals surface area contributed by atoms with Gasteiger partial charge in [0.25, 0.3) is 0 Å². The number of carbonyl (C=O) groups excluding carboxylic acids is 2. The molecule has 0 radical (unpaired) electrons. The molecule has 8 atom stereocenters. The van der Waals surface area contributed by atoms with Crippen LogP contribution >= 0.6 is 0 Å². The fourth-order valence-electron chi connectivity index (χ4n) is 7.99. The first-order valence-corrected chi connectivity index (χ1v) is 11.2. The summed E-state index contributed by atoms with van der Waals surface area (Å²) in [4.78, 5) is 24.2. The largest absolute Gasteiger partial charge is 0.459 e. The number of ether oxygens (including phenoxy) is 1. The third kappa shape index (κ3) is 2.75. The smallest absolute Gasteiger partial charge is 0.306 e. The molecule has 0 aromatic heterocycles. The molecule has 3 fully saturated rings. The lowest BCUT2D eigenvalue weighted by Crippen LogP contribution is -2.54. The van der Waals surface area contributed by atoms with Crippen LogP contribution in [0.2, 0.25) is 0 Å². The van der Waals surface area contributed by atoms with Gasteiger partial charge in [-0.3, -0.25) is 9.59 Å². The number of rotatable bonds is 2. The van der Waals surface area contributed by atoms with Gasteiger partial charge in [-0.05, 0) is 80.6 Å². The number of fused-ring (bicyclic) bond motifs is 5. The van der Waals surface area contributed by atoms with Gasteiger partial charge in [0.2, 0.25) is 0 Å². The van der Waals surface area contributed by atoms with Crippen LogP contribution in [-0.4, -0.2) is 17.4 Å². The van der Waals surface area contributed by atoms with Gasteiger partial charge >= 0.3 is 5.97 Å². The molecule has 4 aliphatic rings. The first kappa shape index (κ1) is 19.2. The van der Waals surface area contributed by atoms with Gasteiger partial charge in [-0.2, -0.15) is 0 Å². The zero-order valence-electron chi connectivity index (χ0n) is 17.7. The molecule has 150 valence electrons. The van der Waals surface area contributed by atoms with E-state index in [4.69, 9.17) is 4.74 Å². The van der Waals surface area contributed by atoms with E-state index in [1.54, 1.807) is 0 Å². The summed E-state index contributed by atoms with van der Waals surface area (Å²) in [5.74, 6) is 3.99. The molecule has 0 aromatic carbocycles. The van der Waals surface area contributed by atoms with Gasteiger partial charge in [-0.15, -0.1) is 0 Å². The van der Waals surface area contributed by atoms with Gasteiger partial charge in [-0.25, -0.2) is 0 Å². The molecule has 27 heavy (non-hydrogen) atoms. The second kappa shape index (κ2) is 6.46. The molecule has 0 spiro atoms. The molecule has 0 aromatic rings. The molecule has 3 saturated carbocycles. The topological polar surface area (TPSA) is 43.4 Å². The Morgan fingerprint density at radius 1 is 1.19 bits per heavy atom. The van der Waals surface area contributed by atoms with Crippen LogP contribution in [0.25, 0.3) is 0 Å². The number of esters is 1. The Labute approximate surface area is 164 Å². The van der Waals surface area contributed by atoms with Crippen LogP contribution in [-0.2, 0) is 14.3 Å². The Morgan fingerprint density at radius 2 is 1.93 bits per heavy atom. The minimum absolute atomic E-state index is 0.0537. The summed E-state index contributed by atoms with van der Waals surface area (Å²) in [6, 6.07) is 0. The molecule has 0 amide bonds. The van der Waals surface area contributed by atoms with Crippen molar-refractivity contribution in [2.45, 2.75) is 85.2 Å². The second-order valence-corrected chi connectivity index (χ2v) is 10.5. The molecule has 4 rings (SSSR count). The number of carbonyl (C=O) groups is 2. The Balaban J connectivity index is 1.66. The predicted octanol–water partition coefficient (Wildman–Crippen LogP) is 5.33. The van der Waals surface area contributed by atoms with E-state index in [0.29, 0.717) is 47.7 Å². The summed E-state index contributed by atoms with van der Waals surface area (Å²) >= 11 is 0. The fourth-order valence-corrected chi connectivity index (χ4v) is 7.99. The maximum Gasteiger partial charge on any atom is 0.306 e. The van der Waals surface area contributed by atoms with Crippen LogP contribution in [0.4, 0.5) is 0 Å². The molecule has 5 unspecified atom stereocenters. The lowest BCUT2D eigenvalue weighted by molar-refractivity contribution is -0.178. The molecule has 0 aliphatic heterocycles. The maximum absolute atomic E-state index is 12.2. The number of ketones is 1. The quantitative estimate of drug-likeness (QED) is 0.615. The van der Waals surface area contributed by atoms with Crippen molar-refractivity contribution in [3.05, 3.63) is 11.6 Å². The average Bonchev–Trinajstić information content (AvgIpc) is 2.79. The van der Waals surface area contributed by atoms with E-state index in [-0.39, 0.29) is 17.0 Å². The zero-order valence-corrected chi connectivity index (χ0v) is 17.7. The molecule has 0 N–H and O–H groups in total. The van der Waals surface area contributed by atoms with E-state index >= 15 is 0 Å². The summed E-state index contributed by atoms with van der Waals surface area (Å²) < 4.78 is 6.12. The van der Waals surface area contributed by atoms with Gasteiger partial charge in [0.05, 0.1) is 0 Å². The van der Waals surface area contributed by atoms with Crippen molar-refractivity contribution >= 4 is 11.8 Å². The van der Waals surface area contributed by atoms with Crippen molar-refractivity contribution in [2.24, 2.45) is 40.9 Å². The van der Waals surface area contributed by atoms with Crippen LogP contribution in [0.15, 0.2) is 11.6 Å². The van der Waals surface area contributed by atoms with Crippen molar-refractivity contribution < 1.29 is 14.3 Å². The Morgan fingerprint density at radius 3 is 2.63 bits per heavy atom. The number of hydrogen-bond donors (Lipinski definition) is 0. The Hall–Kier alpha value is -1.12. The molecular formula is C24H36O3. The summed E-state index contributed by atoms with van der Waals surface area (Å²) in [7, 11) is 0. The van der Waals surface area contributed by atoms with E-state index in [9.17, 15) is 9.59 Å². The van der Waals surface area contributed by atoms with E-state index in [0.717, 1.165) is 25.7 Å². The molecular weight excluding hydrogens is 336 g/mol. The lowest BCUT2D eigenvalue weighted by atomic mass is 9.49. The minimum Gasteiger partial charge on any atom is -0.459 e. The zero-order chi connectivity index (χ0) is 19.6. The van der Waals surface area contributed by atoms with Gasteiger partial charge in [-0.1, -0.05) is 33.3 Å². The summed E-state index contributed by atoms with van der Waals surface area (Å²) in [5, 5.41) is 0. The summed E-state index contributed by atoms with van der Waals surface area (Å²) in [6.45, 7) is 11.2. The molecule has 0 bridgehead atoms. The molecule has 3 heteroatoms. The van der Waals surface area contributed by atoms with Crippen molar-refractivity contribution in [1.29, 1.82) is 0 Å². The fraction of sp³-hybridized carbons (Fsp3) is 0.833. The summed E-state index contributed by atoms with van der Waals surface area (Å²) in [6.07, 6.45) is 8.80. The maximum atomic E-state index is 12.2. The molecule has 0 saturated heterocycles. The van der Waals surface area contributed by atoms with Crippen LogP contribution < -0.4 is 0 Å². The highest BCUT2D eigenvalue weighted by Crippen LogP contribution is 2.67. The van der Waals surface area contributed by atoms with Gasteiger partial charge in [0.1, 0.15) is 5.60 Å². The van der Waals surface area contributed by atoms with Crippen LogP contribution in [0.5, 0.6) is 0 Å². The first-order valence-electron chi connectivity index (χ1n) is 11.2. The minimum atomic E-state index is -0.334. The third-order valence-electron chi connectivity index (χ3n) is 9.04. The van der Waals surface area contributed by atoms with Crippen molar-refractivity contribution in [1.82, 2.24) is 0 Å². The number of hydrogen-bond acceptors (Lipinski definition) is 3. The normalized spacial score (nSPS) is 48.9. The number of allylic oxidation sites excluding steroid dienone is 1. The van der Waals surface area contributed by atoms with Crippen LogP contribution in [0.3, 0.4) is 0 Å². The van der Waals surface area contributed by atoms with E-state index < -0.39 is 0 Å². The first-order chi connectivity index (χ1) is 12.7. The van der Waals surface area contributed by atoms with Crippen molar-refractivity contribution in [2.75, 3.05) is 0 Å². The molecule has 3 nitrogen and oxygen atoms in total. The van der Waals surface area contributed by atoms with E-state index in [2.05, 4.69) is 27.7 Å². The summed E-state index contributed by atoms with van der Waals surface area (Å²) in [5.41, 5.74) is 1.18. The van der Waals surface area contributed by atoms with Crippen molar-refractivity contribution in [3.63, 3.8) is 0 Å². The van der Waals surface area contributed by atoms with Crippen LogP contribution in [0.1, 0.15) is 79.6 Å². The van der Waals surface area contributed by atoms with E-state index in [1.165, 1.54) is 18.4 Å². The van der Waals surface area contributed by atoms with E-state index in [1.807, 2.05) is 13.0 Å². The Bertz CT molecular complexity index is 679. The van der Waals surface area contributed by atoms with Gasteiger partial charge in [0, 0.05) is 18.3 Å². The predicted molar refractivity (Wildman–Crippen MR) is 106 cm³/mol. The highest BCUT2D eigenvalue weighted by atomic mass is 16.6. The molecule has 0 heterocycles. The standard InChI is InChI=1S/C24H36O3/c1-6-20(26)27-24(5)13-15(3)22-19-8-7-16-12-17(25)11-14(2)21(16)18(19)9-10-23(22,24)4/h12,14-15,18-19,21-22H,6-11,13H2,1-5H3/t14-,15?,18?,19?,21?,22?,23+,24+/m1/s1. The lowest BCUT2D eigenvalue weighted by Gasteiger charge is -2.57. The monoisotopic (exact) mass is 372 g/mol. The second-order valence-electron chi connectivity index (χ2n) is 10.5. The van der Waals surface area contributed by atoms with Crippen molar-refractivity contribution in [3.8, 4) is 0 Å². The Kier molecular flexibility index (Phi) is 4.59. The van der Waals surface area contributed by atoms with Crippen LogP contribution in [0, 0.1) is 40.9 Å². The average molecular weight is 373 g/mol. The third-order valence-corrected chi connectivity index (χ3v) is 9.04. The molecule has 4 aliphatic carbocycles. The highest BCUT2D eigenvalue weighted by molar-refractivity contribution is 5.91. The van der Waals surface area contributed by atoms with Gasteiger partial charge in [0.15, 0.2) is 5.78 Å². The highest BCUT2D eigenvalue weighted by Gasteiger charge is 2.65. The van der Waals surface area contributed by atoms with Gasteiger partial charge < -0.3 is 4.74 Å².